The molecule has 0 aliphatic carbocycles. The highest BCUT2D eigenvalue weighted by molar-refractivity contribution is 5.42. The molecular formula is C17H22N6. The van der Waals surface area contributed by atoms with Crippen LogP contribution in [0.4, 0.5) is 5.95 Å². The van der Waals surface area contributed by atoms with E-state index in [1.165, 1.54) is 5.69 Å². The molecule has 0 fully saturated rings. The van der Waals surface area contributed by atoms with Crippen LogP contribution in [0.25, 0.3) is 5.65 Å². The maximum Gasteiger partial charge on any atom is 0.224 e. The van der Waals surface area contributed by atoms with Gasteiger partial charge in [0.25, 0.3) is 0 Å². The summed E-state index contributed by atoms with van der Waals surface area (Å²) in [6.07, 6.45) is 5.84. The van der Waals surface area contributed by atoms with Crippen LogP contribution in [0.2, 0.25) is 0 Å². The lowest BCUT2D eigenvalue weighted by atomic mass is 10.3. The molecule has 0 N–H and O–H groups in total. The van der Waals surface area contributed by atoms with Gasteiger partial charge in [0.15, 0.2) is 0 Å². The molecule has 23 heavy (non-hydrogen) atoms. The van der Waals surface area contributed by atoms with Crippen molar-refractivity contribution in [1.82, 2.24) is 24.3 Å². The van der Waals surface area contributed by atoms with Crippen LogP contribution in [0.1, 0.15) is 17.0 Å². The quantitative estimate of drug-likeness (QED) is 0.722. The monoisotopic (exact) mass is 310 g/mol. The topological polar surface area (TPSA) is 49.6 Å². The lowest BCUT2D eigenvalue weighted by Crippen LogP contribution is -2.19. The smallest absolute Gasteiger partial charge is 0.224 e. The Labute approximate surface area is 136 Å². The Kier molecular flexibility index (Phi) is 4.25. The highest BCUT2D eigenvalue weighted by atomic mass is 15.2. The molecule has 0 unspecified atom stereocenters. The number of hydrogen-bond acceptors (Lipinski definition) is 5. The summed E-state index contributed by atoms with van der Waals surface area (Å²) in [6, 6.07) is 6.08. The van der Waals surface area contributed by atoms with Gasteiger partial charge in [0.1, 0.15) is 5.65 Å². The van der Waals surface area contributed by atoms with E-state index in [4.69, 9.17) is 0 Å². The van der Waals surface area contributed by atoms with Crippen LogP contribution in [0.3, 0.4) is 0 Å². The molecule has 6 heteroatoms. The fraction of sp³-hybridized carbons (Fsp3) is 0.353. The third kappa shape index (κ3) is 3.32. The number of nitrogens with zero attached hydrogens (tertiary/aromatic N) is 6. The molecule has 0 aliphatic rings. The lowest BCUT2D eigenvalue weighted by Gasteiger charge is -2.17. The summed E-state index contributed by atoms with van der Waals surface area (Å²) in [5.74, 6) is 0.731. The largest absolute Gasteiger partial charge is 0.347 e. The summed E-state index contributed by atoms with van der Waals surface area (Å²) in [5.41, 5.74) is 4.38. The molecule has 3 rings (SSSR count). The van der Waals surface area contributed by atoms with Gasteiger partial charge in [-0.3, -0.25) is 4.90 Å². The summed E-state index contributed by atoms with van der Waals surface area (Å²) in [6.45, 7) is 3.69. The molecule has 3 aromatic heterocycles. The standard InChI is InChI=1S/C17H22N6/c1-13-15(23-8-6-5-7-16(23)20-13)12-22(4)11-14-9-18-17(19-10-14)21(2)3/h5-10H,11-12H2,1-4H3. The predicted molar refractivity (Wildman–Crippen MR) is 91.5 cm³/mol. The van der Waals surface area contributed by atoms with E-state index >= 15 is 0 Å². The second kappa shape index (κ2) is 6.34. The van der Waals surface area contributed by atoms with E-state index in [0.717, 1.165) is 35.9 Å². The van der Waals surface area contributed by atoms with Crippen molar-refractivity contribution in [2.24, 2.45) is 0 Å². The fourth-order valence-corrected chi connectivity index (χ4v) is 2.64. The Bertz CT molecular complexity index is 790. The third-order valence-electron chi connectivity index (χ3n) is 3.79. The number of aryl methyl sites for hydroxylation is 1. The number of hydrogen-bond donors (Lipinski definition) is 0. The van der Waals surface area contributed by atoms with Crippen molar-refractivity contribution in [2.45, 2.75) is 20.0 Å². The van der Waals surface area contributed by atoms with Gasteiger partial charge in [-0.15, -0.1) is 0 Å². The zero-order valence-electron chi connectivity index (χ0n) is 14.1. The molecule has 6 nitrogen and oxygen atoms in total. The molecule has 0 bridgehead atoms. The summed E-state index contributed by atoms with van der Waals surface area (Å²) in [5, 5.41) is 0. The molecule has 3 heterocycles. The van der Waals surface area contributed by atoms with Crippen molar-refractivity contribution in [1.29, 1.82) is 0 Å². The Morgan fingerprint density at radius 2 is 1.78 bits per heavy atom. The number of fused-ring (bicyclic) bond motifs is 1. The van der Waals surface area contributed by atoms with Gasteiger partial charge in [0.05, 0.1) is 11.4 Å². The van der Waals surface area contributed by atoms with Crippen molar-refractivity contribution in [3.63, 3.8) is 0 Å². The van der Waals surface area contributed by atoms with Crippen LogP contribution in [0, 0.1) is 6.92 Å². The zero-order valence-corrected chi connectivity index (χ0v) is 14.1. The molecule has 0 radical (unpaired) electrons. The number of imidazole rings is 1. The average Bonchev–Trinajstić information content (AvgIpc) is 2.84. The number of anilines is 1. The average molecular weight is 310 g/mol. The van der Waals surface area contributed by atoms with Gasteiger partial charge in [-0.25, -0.2) is 15.0 Å². The second-order valence-electron chi connectivity index (χ2n) is 6.03. The minimum atomic E-state index is 0.731. The maximum atomic E-state index is 4.61. The molecule has 0 saturated carbocycles. The Hall–Kier alpha value is -2.47. The maximum absolute atomic E-state index is 4.61. The highest BCUT2D eigenvalue weighted by Crippen LogP contribution is 2.15. The van der Waals surface area contributed by atoms with E-state index in [1.807, 2.05) is 49.6 Å². The van der Waals surface area contributed by atoms with Crippen LogP contribution in [-0.2, 0) is 13.1 Å². The second-order valence-corrected chi connectivity index (χ2v) is 6.03. The minimum Gasteiger partial charge on any atom is -0.347 e. The normalized spacial score (nSPS) is 11.3. The van der Waals surface area contributed by atoms with E-state index in [-0.39, 0.29) is 0 Å². The van der Waals surface area contributed by atoms with Gasteiger partial charge in [0, 0.05) is 51.3 Å². The molecule has 0 atom stereocenters. The molecular weight excluding hydrogens is 288 g/mol. The van der Waals surface area contributed by atoms with Gasteiger partial charge in [-0.05, 0) is 26.1 Å². The van der Waals surface area contributed by atoms with E-state index in [1.54, 1.807) is 0 Å². The summed E-state index contributed by atoms with van der Waals surface area (Å²) in [4.78, 5) is 17.5. The van der Waals surface area contributed by atoms with E-state index in [9.17, 15) is 0 Å². The van der Waals surface area contributed by atoms with Crippen LogP contribution in [0.5, 0.6) is 0 Å². The van der Waals surface area contributed by atoms with Gasteiger partial charge >= 0.3 is 0 Å². The molecule has 3 aromatic rings. The zero-order chi connectivity index (χ0) is 16.4. The Morgan fingerprint density at radius 1 is 1.04 bits per heavy atom. The summed E-state index contributed by atoms with van der Waals surface area (Å²) >= 11 is 0. The van der Waals surface area contributed by atoms with Gasteiger partial charge in [0.2, 0.25) is 5.95 Å². The van der Waals surface area contributed by atoms with E-state index < -0.39 is 0 Å². The van der Waals surface area contributed by atoms with Crippen LogP contribution < -0.4 is 4.90 Å². The van der Waals surface area contributed by atoms with Gasteiger partial charge in [-0.1, -0.05) is 6.07 Å². The van der Waals surface area contributed by atoms with E-state index in [2.05, 4.69) is 44.4 Å². The minimum absolute atomic E-state index is 0.731. The first-order chi connectivity index (χ1) is 11.0. The first-order valence-electron chi connectivity index (χ1n) is 7.64. The van der Waals surface area contributed by atoms with Crippen LogP contribution in [0.15, 0.2) is 36.8 Å². The van der Waals surface area contributed by atoms with Crippen molar-refractivity contribution in [2.75, 3.05) is 26.0 Å². The Morgan fingerprint density at radius 3 is 2.48 bits per heavy atom. The van der Waals surface area contributed by atoms with Crippen LogP contribution >= 0.6 is 0 Å². The SMILES string of the molecule is Cc1nc2ccccn2c1CN(C)Cc1cnc(N(C)C)nc1. The molecule has 120 valence electrons. The first kappa shape index (κ1) is 15.4. The van der Waals surface area contributed by atoms with Crippen LogP contribution in [-0.4, -0.2) is 45.4 Å². The third-order valence-corrected chi connectivity index (χ3v) is 3.79. The number of aromatic nitrogens is 4. The molecule has 0 aromatic carbocycles. The predicted octanol–water partition coefficient (Wildman–Crippen LogP) is 2.13. The van der Waals surface area contributed by atoms with E-state index in [0.29, 0.717) is 0 Å². The van der Waals surface area contributed by atoms with Crippen molar-refractivity contribution >= 4 is 11.6 Å². The van der Waals surface area contributed by atoms with Crippen molar-refractivity contribution in [3.8, 4) is 0 Å². The molecule has 0 amide bonds. The summed E-state index contributed by atoms with van der Waals surface area (Å²) < 4.78 is 2.15. The summed E-state index contributed by atoms with van der Waals surface area (Å²) in [7, 11) is 5.98. The van der Waals surface area contributed by atoms with Crippen molar-refractivity contribution in [3.05, 3.63) is 53.7 Å². The fourth-order valence-electron chi connectivity index (χ4n) is 2.64. The van der Waals surface area contributed by atoms with Crippen molar-refractivity contribution < 1.29 is 0 Å². The number of pyridine rings is 1. The molecule has 0 spiro atoms. The molecule has 0 saturated heterocycles. The first-order valence-corrected chi connectivity index (χ1v) is 7.64. The highest BCUT2D eigenvalue weighted by Gasteiger charge is 2.11. The van der Waals surface area contributed by atoms with Gasteiger partial charge < -0.3 is 9.30 Å². The lowest BCUT2D eigenvalue weighted by molar-refractivity contribution is 0.312. The Balaban J connectivity index is 1.73. The molecule has 0 aliphatic heterocycles. The van der Waals surface area contributed by atoms with Gasteiger partial charge in [-0.2, -0.15) is 0 Å². The number of rotatable bonds is 5.